The molecular formula is C15H19ClF2O. The van der Waals surface area contributed by atoms with Crippen molar-refractivity contribution < 1.29 is 13.5 Å². The second kappa shape index (κ2) is 6.19. The van der Waals surface area contributed by atoms with Crippen molar-refractivity contribution in [2.75, 3.05) is 6.61 Å². The summed E-state index contributed by atoms with van der Waals surface area (Å²) in [5, 5.41) is -0.396. The molecule has 2 rings (SSSR count). The average molecular weight is 289 g/mol. The fourth-order valence-electron chi connectivity index (χ4n) is 2.58. The highest BCUT2D eigenvalue weighted by Gasteiger charge is 2.32. The maximum atomic E-state index is 13.7. The number of hydrogen-bond acceptors (Lipinski definition) is 1. The maximum Gasteiger partial charge on any atom is 0.130 e. The Kier molecular flexibility index (Phi) is 4.80. The standard InChI is InChI=1S/C15H19ClF2O/c1-3-19-11-5-10(6-11)7-13(16)12-4-9(2)14(17)8-15(12)18/h4,8,10-11,13H,3,5-7H2,1-2H3. The second-order valence-corrected chi connectivity index (χ2v) is 5.77. The molecule has 1 aliphatic carbocycles. The Morgan fingerprint density at radius 2 is 2.00 bits per heavy atom. The molecule has 19 heavy (non-hydrogen) atoms. The van der Waals surface area contributed by atoms with Gasteiger partial charge in [-0.25, -0.2) is 8.78 Å². The smallest absolute Gasteiger partial charge is 0.130 e. The molecule has 1 aromatic rings. The molecule has 4 heteroatoms. The van der Waals surface area contributed by atoms with Gasteiger partial charge in [0.05, 0.1) is 11.5 Å². The van der Waals surface area contributed by atoms with Crippen molar-refractivity contribution in [3.8, 4) is 0 Å². The van der Waals surface area contributed by atoms with Crippen LogP contribution in [0.3, 0.4) is 0 Å². The van der Waals surface area contributed by atoms with Gasteiger partial charge in [0.2, 0.25) is 0 Å². The average Bonchev–Trinajstić information content (AvgIpc) is 2.31. The quantitative estimate of drug-likeness (QED) is 0.710. The summed E-state index contributed by atoms with van der Waals surface area (Å²) in [6.07, 6.45) is 3.02. The largest absolute Gasteiger partial charge is 0.378 e. The zero-order chi connectivity index (χ0) is 14.0. The van der Waals surface area contributed by atoms with Crippen LogP contribution < -0.4 is 0 Å². The molecule has 0 spiro atoms. The van der Waals surface area contributed by atoms with Gasteiger partial charge in [0, 0.05) is 18.2 Å². The van der Waals surface area contributed by atoms with Crippen LogP contribution in [0, 0.1) is 24.5 Å². The van der Waals surface area contributed by atoms with Gasteiger partial charge in [0.1, 0.15) is 11.6 Å². The third kappa shape index (κ3) is 3.46. The van der Waals surface area contributed by atoms with Crippen molar-refractivity contribution in [3.05, 3.63) is 34.9 Å². The minimum absolute atomic E-state index is 0.332. The van der Waals surface area contributed by atoms with Crippen LogP contribution in [0.15, 0.2) is 12.1 Å². The number of alkyl halides is 1. The van der Waals surface area contributed by atoms with Crippen LogP contribution in [0.1, 0.15) is 42.7 Å². The van der Waals surface area contributed by atoms with E-state index in [1.54, 1.807) is 6.92 Å². The molecule has 106 valence electrons. The summed E-state index contributed by atoms with van der Waals surface area (Å²) in [4.78, 5) is 0. The number of rotatable bonds is 5. The molecule has 1 atom stereocenters. The fraction of sp³-hybridized carbons (Fsp3) is 0.600. The molecule has 0 N–H and O–H groups in total. The van der Waals surface area contributed by atoms with Gasteiger partial charge in [-0.1, -0.05) is 0 Å². The summed E-state index contributed by atoms with van der Waals surface area (Å²) in [6, 6.07) is 2.44. The lowest BCUT2D eigenvalue weighted by atomic mass is 9.78. The van der Waals surface area contributed by atoms with Gasteiger partial charge in [0.25, 0.3) is 0 Å². The van der Waals surface area contributed by atoms with Gasteiger partial charge in [-0.2, -0.15) is 0 Å². The van der Waals surface area contributed by atoms with E-state index in [0.29, 0.717) is 29.6 Å². The van der Waals surface area contributed by atoms with Gasteiger partial charge in [-0.05, 0) is 50.7 Å². The van der Waals surface area contributed by atoms with Crippen molar-refractivity contribution in [1.82, 2.24) is 0 Å². The molecule has 0 saturated heterocycles. The first-order chi connectivity index (χ1) is 9.01. The van der Waals surface area contributed by atoms with E-state index in [1.807, 2.05) is 6.92 Å². The van der Waals surface area contributed by atoms with Crippen molar-refractivity contribution in [3.63, 3.8) is 0 Å². The van der Waals surface area contributed by atoms with Gasteiger partial charge in [0.15, 0.2) is 0 Å². The highest BCUT2D eigenvalue weighted by molar-refractivity contribution is 6.20. The molecule has 1 fully saturated rings. The van der Waals surface area contributed by atoms with Crippen molar-refractivity contribution in [2.24, 2.45) is 5.92 Å². The van der Waals surface area contributed by atoms with Crippen LogP contribution in [0.5, 0.6) is 0 Å². The summed E-state index contributed by atoms with van der Waals surface area (Å²) in [5.41, 5.74) is 0.836. The monoisotopic (exact) mass is 288 g/mol. The number of hydrogen-bond donors (Lipinski definition) is 0. The number of benzene rings is 1. The van der Waals surface area contributed by atoms with E-state index in [9.17, 15) is 8.78 Å². The lowest BCUT2D eigenvalue weighted by Gasteiger charge is -2.36. The van der Waals surface area contributed by atoms with E-state index in [4.69, 9.17) is 16.3 Å². The second-order valence-electron chi connectivity index (χ2n) is 5.24. The van der Waals surface area contributed by atoms with Crippen molar-refractivity contribution in [2.45, 2.75) is 44.6 Å². The minimum Gasteiger partial charge on any atom is -0.378 e. The molecule has 0 aromatic heterocycles. The predicted octanol–water partition coefficient (Wildman–Crippen LogP) is 4.76. The van der Waals surface area contributed by atoms with E-state index in [2.05, 4.69) is 0 Å². The Morgan fingerprint density at radius 3 is 2.63 bits per heavy atom. The number of aryl methyl sites for hydroxylation is 1. The van der Waals surface area contributed by atoms with E-state index < -0.39 is 17.0 Å². The zero-order valence-electron chi connectivity index (χ0n) is 11.3. The highest BCUT2D eigenvalue weighted by Crippen LogP contribution is 2.40. The van der Waals surface area contributed by atoms with Crippen LogP contribution in [0.2, 0.25) is 0 Å². The Balaban J connectivity index is 1.94. The van der Waals surface area contributed by atoms with E-state index in [-0.39, 0.29) is 0 Å². The van der Waals surface area contributed by atoms with E-state index in [0.717, 1.165) is 25.5 Å². The van der Waals surface area contributed by atoms with Crippen molar-refractivity contribution in [1.29, 1.82) is 0 Å². The number of halogens is 3. The first-order valence-electron chi connectivity index (χ1n) is 6.72. The molecule has 0 bridgehead atoms. The molecule has 0 heterocycles. The van der Waals surface area contributed by atoms with E-state index in [1.165, 1.54) is 6.07 Å². The summed E-state index contributed by atoms with van der Waals surface area (Å²) in [5.74, 6) is -0.599. The van der Waals surface area contributed by atoms with Gasteiger partial charge in [-0.3, -0.25) is 0 Å². The first kappa shape index (κ1) is 14.7. The number of ether oxygens (including phenoxy) is 1. The Labute approximate surface area is 117 Å². The molecule has 1 saturated carbocycles. The van der Waals surface area contributed by atoms with Crippen LogP contribution in [0.4, 0.5) is 8.78 Å². The van der Waals surface area contributed by atoms with Crippen LogP contribution in [-0.4, -0.2) is 12.7 Å². The lowest BCUT2D eigenvalue weighted by molar-refractivity contribution is -0.0267. The minimum atomic E-state index is -0.552. The fourth-order valence-corrected chi connectivity index (χ4v) is 3.00. The lowest BCUT2D eigenvalue weighted by Crippen LogP contribution is -2.32. The van der Waals surface area contributed by atoms with Gasteiger partial charge < -0.3 is 4.74 Å². The molecular weight excluding hydrogens is 270 g/mol. The predicted molar refractivity (Wildman–Crippen MR) is 72.4 cm³/mol. The summed E-state index contributed by atoms with van der Waals surface area (Å²) < 4.78 is 32.4. The summed E-state index contributed by atoms with van der Waals surface area (Å²) in [6.45, 7) is 4.33. The first-order valence-corrected chi connectivity index (χ1v) is 7.16. The molecule has 0 aliphatic heterocycles. The molecule has 0 amide bonds. The molecule has 1 aromatic carbocycles. The highest BCUT2D eigenvalue weighted by atomic mass is 35.5. The van der Waals surface area contributed by atoms with Crippen LogP contribution in [0.25, 0.3) is 0 Å². The van der Waals surface area contributed by atoms with Crippen LogP contribution in [-0.2, 0) is 4.74 Å². The van der Waals surface area contributed by atoms with Gasteiger partial charge in [-0.15, -0.1) is 11.6 Å². The maximum absolute atomic E-state index is 13.7. The third-order valence-corrected chi connectivity index (χ3v) is 4.16. The third-order valence-electron chi connectivity index (χ3n) is 3.75. The van der Waals surface area contributed by atoms with Gasteiger partial charge >= 0.3 is 0 Å². The normalized spacial score (nSPS) is 24.1. The SMILES string of the molecule is CCOC1CC(CC(Cl)c2cc(C)c(F)cc2F)C1. The van der Waals surface area contributed by atoms with E-state index >= 15 is 0 Å². The van der Waals surface area contributed by atoms with Crippen molar-refractivity contribution >= 4 is 11.6 Å². The Bertz CT molecular complexity index is 444. The summed E-state index contributed by atoms with van der Waals surface area (Å²) >= 11 is 6.26. The topological polar surface area (TPSA) is 9.23 Å². The zero-order valence-corrected chi connectivity index (χ0v) is 12.0. The molecule has 0 radical (unpaired) electrons. The molecule has 1 nitrogen and oxygen atoms in total. The summed E-state index contributed by atoms with van der Waals surface area (Å²) in [7, 11) is 0. The molecule has 1 aliphatic rings. The Hall–Kier alpha value is -0.670. The van der Waals surface area contributed by atoms with Crippen LogP contribution >= 0.6 is 11.6 Å². The Morgan fingerprint density at radius 1 is 1.32 bits per heavy atom. The molecule has 1 unspecified atom stereocenters.